The molecule has 4 rings (SSSR count). The normalized spacial score (nSPS) is 20.4. The molecule has 1 unspecified atom stereocenters. The van der Waals surface area contributed by atoms with E-state index in [0.29, 0.717) is 17.4 Å². The highest BCUT2D eigenvalue weighted by atomic mass is 32.1. The van der Waals surface area contributed by atoms with Crippen molar-refractivity contribution in [1.82, 2.24) is 9.36 Å². The molecule has 2 N–H and O–H groups in total. The van der Waals surface area contributed by atoms with Crippen LogP contribution in [-0.2, 0) is 4.79 Å². The Morgan fingerprint density at radius 2 is 2.29 bits per heavy atom. The molecule has 7 heteroatoms. The van der Waals surface area contributed by atoms with E-state index < -0.39 is 6.10 Å². The summed E-state index contributed by atoms with van der Waals surface area (Å²) >= 11 is 1.36. The Morgan fingerprint density at radius 3 is 3.10 bits per heavy atom. The van der Waals surface area contributed by atoms with E-state index >= 15 is 0 Å². The lowest BCUT2D eigenvalue weighted by atomic mass is 10.2. The van der Waals surface area contributed by atoms with E-state index in [2.05, 4.69) is 20.0 Å². The van der Waals surface area contributed by atoms with Crippen LogP contribution in [-0.4, -0.2) is 21.4 Å². The number of carbonyl (C=O) groups excluding carboxylic acids is 1. The van der Waals surface area contributed by atoms with Crippen LogP contribution in [0.5, 0.6) is 5.75 Å². The monoisotopic (exact) mass is 302 g/mol. The van der Waals surface area contributed by atoms with Gasteiger partial charge in [0, 0.05) is 23.1 Å². The summed E-state index contributed by atoms with van der Waals surface area (Å²) in [6.07, 6.45) is 1.92. The van der Waals surface area contributed by atoms with Crippen LogP contribution < -0.4 is 15.4 Å². The molecule has 2 aliphatic rings. The third-order valence-electron chi connectivity index (χ3n) is 3.55. The molecule has 108 valence electrons. The van der Waals surface area contributed by atoms with E-state index in [1.54, 1.807) is 6.92 Å². The summed E-state index contributed by atoms with van der Waals surface area (Å²) in [7, 11) is 0. The van der Waals surface area contributed by atoms with Gasteiger partial charge >= 0.3 is 0 Å². The Kier molecular flexibility index (Phi) is 2.81. The number of anilines is 3. The van der Waals surface area contributed by atoms with E-state index in [4.69, 9.17) is 4.74 Å². The molecule has 1 aromatic carbocycles. The summed E-state index contributed by atoms with van der Waals surface area (Å²) in [4.78, 5) is 16.1. The summed E-state index contributed by atoms with van der Waals surface area (Å²) in [6.45, 7) is 1.73. The maximum atomic E-state index is 11.6. The molecule has 0 spiro atoms. The van der Waals surface area contributed by atoms with E-state index in [1.807, 2.05) is 18.2 Å². The molecule has 0 saturated heterocycles. The summed E-state index contributed by atoms with van der Waals surface area (Å²) in [5.74, 6) is 2.04. The zero-order valence-corrected chi connectivity index (χ0v) is 12.2. The molecule has 1 aliphatic carbocycles. The minimum Gasteiger partial charge on any atom is -0.479 e. The lowest BCUT2D eigenvalue weighted by Gasteiger charge is -2.23. The van der Waals surface area contributed by atoms with Gasteiger partial charge in [-0.2, -0.15) is 4.37 Å². The van der Waals surface area contributed by atoms with Gasteiger partial charge in [-0.15, -0.1) is 0 Å². The lowest BCUT2D eigenvalue weighted by Crippen LogP contribution is -2.34. The first-order chi connectivity index (χ1) is 10.2. The molecule has 1 atom stereocenters. The number of rotatable bonds is 3. The van der Waals surface area contributed by atoms with Crippen LogP contribution in [0.15, 0.2) is 18.2 Å². The van der Waals surface area contributed by atoms with Gasteiger partial charge in [0.05, 0.1) is 5.69 Å². The Balaban J connectivity index is 1.55. The van der Waals surface area contributed by atoms with Gasteiger partial charge in [0.2, 0.25) is 5.13 Å². The number of nitrogens with one attached hydrogen (secondary N) is 2. The van der Waals surface area contributed by atoms with E-state index in [0.717, 1.165) is 16.6 Å². The number of fused-ring (bicyclic) bond motifs is 1. The van der Waals surface area contributed by atoms with E-state index in [1.165, 1.54) is 24.4 Å². The van der Waals surface area contributed by atoms with Gasteiger partial charge < -0.3 is 15.4 Å². The zero-order chi connectivity index (χ0) is 14.4. The Morgan fingerprint density at radius 1 is 1.43 bits per heavy atom. The first kappa shape index (κ1) is 12.6. The molecule has 2 aromatic rings. The van der Waals surface area contributed by atoms with Crippen molar-refractivity contribution in [2.75, 3.05) is 10.6 Å². The van der Waals surface area contributed by atoms with Crippen molar-refractivity contribution < 1.29 is 9.53 Å². The first-order valence-electron chi connectivity index (χ1n) is 6.91. The number of hydrogen-bond acceptors (Lipinski definition) is 6. The quantitative estimate of drug-likeness (QED) is 0.911. The zero-order valence-electron chi connectivity index (χ0n) is 11.4. The number of aromatic nitrogens is 2. The van der Waals surface area contributed by atoms with Gasteiger partial charge in [0.1, 0.15) is 11.6 Å². The van der Waals surface area contributed by atoms with E-state index in [-0.39, 0.29) is 5.91 Å². The molecule has 1 aliphatic heterocycles. The Bertz CT molecular complexity index is 711. The molecule has 1 fully saturated rings. The number of carbonyl (C=O) groups is 1. The van der Waals surface area contributed by atoms with Gasteiger partial charge in [0.15, 0.2) is 6.10 Å². The molecule has 0 radical (unpaired) electrons. The maximum absolute atomic E-state index is 11.6. The van der Waals surface area contributed by atoms with Crippen LogP contribution in [0.3, 0.4) is 0 Å². The first-order valence-corrected chi connectivity index (χ1v) is 7.68. The second-order valence-electron chi connectivity index (χ2n) is 5.32. The third-order valence-corrected chi connectivity index (χ3v) is 4.19. The highest BCUT2D eigenvalue weighted by Gasteiger charge is 2.28. The summed E-state index contributed by atoms with van der Waals surface area (Å²) < 4.78 is 9.89. The summed E-state index contributed by atoms with van der Waals surface area (Å²) in [5, 5.41) is 6.83. The van der Waals surface area contributed by atoms with Crippen molar-refractivity contribution >= 4 is 33.9 Å². The van der Waals surface area contributed by atoms with Crippen molar-refractivity contribution in [3.63, 3.8) is 0 Å². The minimum absolute atomic E-state index is 0.133. The molecule has 21 heavy (non-hydrogen) atoms. The van der Waals surface area contributed by atoms with Gasteiger partial charge in [0.25, 0.3) is 5.91 Å². The highest BCUT2D eigenvalue weighted by Crippen LogP contribution is 2.40. The average molecular weight is 302 g/mol. The van der Waals surface area contributed by atoms with Crippen LogP contribution >= 0.6 is 11.5 Å². The van der Waals surface area contributed by atoms with E-state index in [9.17, 15) is 4.79 Å². The van der Waals surface area contributed by atoms with Crippen molar-refractivity contribution in [3.05, 3.63) is 24.0 Å². The molecular formula is C14H14N4O2S. The third kappa shape index (κ3) is 2.44. The van der Waals surface area contributed by atoms with Gasteiger partial charge in [-0.3, -0.25) is 4.79 Å². The molecule has 1 aromatic heterocycles. The van der Waals surface area contributed by atoms with Crippen molar-refractivity contribution in [3.8, 4) is 5.75 Å². The largest absolute Gasteiger partial charge is 0.479 e. The summed E-state index contributed by atoms with van der Waals surface area (Å²) in [6, 6.07) is 5.59. The Hall–Kier alpha value is -2.15. The van der Waals surface area contributed by atoms with Crippen LogP contribution in [0, 0.1) is 0 Å². The fraction of sp³-hybridized carbons (Fsp3) is 0.357. The number of amides is 1. The van der Waals surface area contributed by atoms with Crippen molar-refractivity contribution in [2.24, 2.45) is 0 Å². The standard InChI is InChI=1S/C14H14N4O2S/c1-7-13(19)16-10-6-9(4-5-11(10)20-7)15-14-17-12(18-21-14)8-2-3-8/h4-8H,2-3H2,1H3,(H,16,19)(H,15,17,18). The minimum atomic E-state index is -0.458. The van der Waals surface area contributed by atoms with Crippen LogP contribution in [0.2, 0.25) is 0 Å². The number of ether oxygens (including phenoxy) is 1. The fourth-order valence-electron chi connectivity index (χ4n) is 2.20. The number of hydrogen-bond donors (Lipinski definition) is 2. The maximum Gasteiger partial charge on any atom is 0.265 e. The molecular weight excluding hydrogens is 288 g/mol. The second kappa shape index (κ2) is 4.70. The van der Waals surface area contributed by atoms with Crippen LogP contribution in [0.1, 0.15) is 31.5 Å². The van der Waals surface area contributed by atoms with Crippen molar-refractivity contribution in [1.29, 1.82) is 0 Å². The van der Waals surface area contributed by atoms with Gasteiger partial charge in [-0.1, -0.05) is 0 Å². The molecule has 1 saturated carbocycles. The smallest absolute Gasteiger partial charge is 0.265 e. The number of nitrogens with zero attached hydrogens (tertiary/aromatic N) is 2. The number of benzene rings is 1. The van der Waals surface area contributed by atoms with Gasteiger partial charge in [-0.25, -0.2) is 4.98 Å². The fourth-order valence-corrected chi connectivity index (χ4v) is 2.87. The highest BCUT2D eigenvalue weighted by molar-refractivity contribution is 7.09. The lowest BCUT2D eigenvalue weighted by molar-refractivity contribution is -0.122. The SMILES string of the molecule is CC1Oc2ccc(Nc3nc(C4CC4)ns3)cc2NC1=O. The van der Waals surface area contributed by atoms with Crippen molar-refractivity contribution in [2.45, 2.75) is 31.8 Å². The van der Waals surface area contributed by atoms with Gasteiger partial charge in [-0.05, 0) is 38.0 Å². The average Bonchev–Trinajstić information content (AvgIpc) is 3.21. The predicted octanol–water partition coefficient (Wildman–Crippen LogP) is 2.88. The molecule has 6 nitrogen and oxygen atoms in total. The predicted molar refractivity (Wildman–Crippen MR) is 80.3 cm³/mol. The molecule has 1 amide bonds. The van der Waals surface area contributed by atoms with Crippen LogP contribution in [0.25, 0.3) is 0 Å². The Labute approximate surface area is 125 Å². The summed E-state index contributed by atoms with van der Waals surface area (Å²) in [5.41, 5.74) is 1.53. The second-order valence-corrected chi connectivity index (χ2v) is 6.07. The van der Waals surface area contributed by atoms with Crippen LogP contribution in [0.4, 0.5) is 16.5 Å². The topological polar surface area (TPSA) is 76.1 Å². The molecule has 0 bridgehead atoms. The molecule has 2 heterocycles.